The number of aromatic nitrogens is 1. The predicted molar refractivity (Wildman–Crippen MR) is 67.0 cm³/mol. The molecule has 0 amide bonds. The maximum absolute atomic E-state index is 9.01. The van der Waals surface area contributed by atoms with Crippen molar-refractivity contribution in [3.63, 3.8) is 0 Å². The molecule has 0 radical (unpaired) electrons. The van der Waals surface area contributed by atoms with Gasteiger partial charge in [-0.25, -0.2) is 0 Å². The Kier molecular flexibility index (Phi) is 3.30. The highest BCUT2D eigenvalue weighted by molar-refractivity contribution is 5.41. The normalized spacial score (nSPS) is 22.3. The number of allylic oxidation sites excluding steroid dienone is 1. The molecule has 1 aliphatic heterocycles. The van der Waals surface area contributed by atoms with Crippen LogP contribution in [0.5, 0.6) is 0 Å². The molecular formula is C14H14N4. The molecule has 18 heavy (non-hydrogen) atoms. The van der Waals surface area contributed by atoms with Gasteiger partial charge in [0.05, 0.1) is 17.7 Å². The molecule has 4 heteroatoms. The SMILES string of the molecule is Cc1c(C#N)cncc1C1CC(C)C(C#N)=CN1. The minimum atomic E-state index is 0.123. The zero-order valence-corrected chi connectivity index (χ0v) is 10.4. The fraction of sp³-hybridized carbons (Fsp3) is 0.357. The molecule has 0 saturated heterocycles. The van der Waals surface area contributed by atoms with E-state index in [4.69, 9.17) is 10.5 Å². The van der Waals surface area contributed by atoms with Gasteiger partial charge in [0.25, 0.3) is 0 Å². The molecule has 0 aliphatic carbocycles. The Morgan fingerprint density at radius 2 is 2.11 bits per heavy atom. The number of nitriles is 2. The van der Waals surface area contributed by atoms with Gasteiger partial charge < -0.3 is 5.32 Å². The summed E-state index contributed by atoms with van der Waals surface area (Å²) in [6, 6.07) is 4.46. The lowest BCUT2D eigenvalue weighted by atomic mass is 9.87. The number of hydrogen-bond donors (Lipinski definition) is 1. The van der Waals surface area contributed by atoms with E-state index < -0.39 is 0 Å². The van der Waals surface area contributed by atoms with Crippen molar-refractivity contribution >= 4 is 0 Å². The molecule has 0 saturated carbocycles. The second-order valence-corrected chi connectivity index (χ2v) is 4.58. The highest BCUT2D eigenvalue weighted by atomic mass is 14.9. The van der Waals surface area contributed by atoms with Gasteiger partial charge in [0.1, 0.15) is 6.07 Å². The molecule has 90 valence electrons. The topological polar surface area (TPSA) is 72.5 Å². The van der Waals surface area contributed by atoms with E-state index in [0.29, 0.717) is 5.56 Å². The van der Waals surface area contributed by atoms with Crippen LogP contribution < -0.4 is 5.32 Å². The van der Waals surface area contributed by atoms with Gasteiger partial charge in [-0.1, -0.05) is 6.92 Å². The maximum atomic E-state index is 9.01. The Bertz CT molecular complexity index is 574. The van der Waals surface area contributed by atoms with Crippen LogP contribution in [-0.4, -0.2) is 4.98 Å². The van der Waals surface area contributed by atoms with Crippen LogP contribution in [0.25, 0.3) is 0 Å². The van der Waals surface area contributed by atoms with Crippen molar-refractivity contribution < 1.29 is 0 Å². The largest absolute Gasteiger partial charge is 0.383 e. The highest BCUT2D eigenvalue weighted by Crippen LogP contribution is 2.31. The van der Waals surface area contributed by atoms with Crippen LogP contribution in [0, 0.1) is 35.5 Å². The molecule has 2 heterocycles. The monoisotopic (exact) mass is 238 g/mol. The molecule has 1 N–H and O–H groups in total. The molecule has 4 nitrogen and oxygen atoms in total. The first-order valence-corrected chi connectivity index (χ1v) is 5.88. The molecule has 0 fully saturated rings. The van der Waals surface area contributed by atoms with Gasteiger partial charge in [-0.2, -0.15) is 10.5 Å². The molecule has 2 atom stereocenters. The van der Waals surface area contributed by atoms with Crippen LogP contribution >= 0.6 is 0 Å². The van der Waals surface area contributed by atoms with Gasteiger partial charge in [-0.05, 0) is 30.4 Å². The third-order valence-electron chi connectivity index (χ3n) is 3.44. The first-order valence-electron chi connectivity index (χ1n) is 5.88. The molecule has 2 unspecified atom stereocenters. The lowest BCUT2D eigenvalue weighted by Crippen LogP contribution is -2.25. The Morgan fingerprint density at radius 3 is 2.72 bits per heavy atom. The van der Waals surface area contributed by atoms with Crippen LogP contribution in [0.3, 0.4) is 0 Å². The number of rotatable bonds is 1. The lowest BCUT2D eigenvalue weighted by molar-refractivity contribution is 0.457. The second-order valence-electron chi connectivity index (χ2n) is 4.58. The first kappa shape index (κ1) is 12.1. The van der Waals surface area contributed by atoms with Crippen LogP contribution in [0.2, 0.25) is 0 Å². The van der Waals surface area contributed by atoms with E-state index in [1.54, 1.807) is 18.6 Å². The number of hydrogen-bond acceptors (Lipinski definition) is 4. The van der Waals surface area contributed by atoms with Gasteiger partial charge >= 0.3 is 0 Å². The van der Waals surface area contributed by atoms with Crippen molar-refractivity contribution in [3.8, 4) is 12.1 Å². The van der Waals surface area contributed by atoms with E-state index >= 15 is 0 Å². The Morgan fingerprint density at radius 1 is 1.33 bits per heavy atom. The smallest absolute Gasteiger partial charge is 0.101 e. The molecule has 1 aliphatic rings. The fourth-order valence-corrected chi connectivity index (χ4v) is 2.25. The van der Waals surface area contributed by atoms with Crippen LogP contribution in [0.1, 0.15) is 36.1 Å². The van der Waals surface area contributed by atoms with E-state index in [0.717, 1.165) is 23.1 Å². The van der Waals surface area contributed by atoms with Crippen molar-refractivity contribution in [2.24, 2.45) is 5.92 Å². The minimum Gasteiger partial charge on any atom is -0.383 e. The fourth-order valence-electron chi connectivity index (χ4n) is 2.25. The lowest BCUT2D eigenvalue weighted by Gasteiger charge is -2.27. The van der Waals surface area contributed by atoms with Crippen LogP contribution in [0.4, 0.5) is 0 Å². The second kappa shape index (κ2) is 4.89. The number of pyridine rings is 1. The summed E-state index contributed by atoms with van der Waals surface area (Å²) in [4.78, 5) is 4.11. The van der Waals surface area contributed by atoms with Gasteiger partial charge in [0, 0.05) is 24.2 Å². The Hall–Kier alpha value is -2.33. The van der Waals surface area contributed by atoms with Crippen molar-refractivity contribution in [2.45, 2.75) is 26.3 Å². The number of nitrogens with zero attached hydrogens (tertiary/aromatic N) is 3. The summed E-state index contributed by atoms with van der Waals surface area (Å²) in [6.45, 7) is 3.98. The quantitative estimate of drug-likeness (QED) is 0.815. The van der Waals surface area contributed by atoms with E-state index in [1.807, 2.05) is 13.8 Å². The molecule has 0 spiro atoms. The summed E-state index contributed by atoms with van der Waals surface area (Å²) in [6.07, 6.45) is 6.00. The molecule has 1 aromatic rings. The Balaban J connectivity index is 2.33. The summed E-state index contributed by atoms with van der Waals surface area (Å²) < 4.78 is 0. The molecular weight excluding hydrogens is 224 g/mol. The average molecular weight is 238 g/mol. The predicted octanol–water partition coefficient (Wildman–Crippen LogP) is 2.34. The summed E-state index contributed by atoms with van der Waals surface area (Å²) in [5.41, 5.74) is 3.38. The zero-order valence-electron chi connectivity index (χ0n) is 10.4. The van der Waals surface area contributed by atoms with Crippen LogP contribution in [0.15, 0.2) is 24.2 Å². The van der Waals surface area contributed by atoms with E-state index in [1.165, 1.54) is 0 Å². The van der Waals surface area contributed by atoms with Crippen molar-refractivity contribution in [3.05, 3.63) is 40.9 Å². The van der Waals surface area contributed by atoms with Gasteiger partial charge in [0.2, 0.25) is 0 Å². The van der Waals surface area contributed by atoms with Crippen molar-refractivity contribution in [2.75, 3.05) is 0 Å². The summed E-state index contributed by atoms with van der Waals surface area (Å²) in [5.74, 6) is 0.228. The van der Waals surface area contributed by atoms with Gasteiger partial charge in [0.15, 0.2) is 0 Å². The minimum absolute atomic E-state index is 0.123. The van der Waals surface area contributed by atoms with E-state index in [9.17, 15) is 0 Å². The molecule has 0 bridgehead atoms. The van der Waals surface area contributed by atoms with Crippen molar-refractivity contribution in [1.29, 1.82) is 10.5 Å². The Labute approximate surface area is 107 Å². The summed E-state index contributed by atoms with van der Waals surface area (Å²) >= 11 is 0. The van der Waals surface area contributed by atoms with Gasteiger partial charge in [-0.15, -0.1) is 0 Å². The third-order valence-corrected chi connectivity index (χ3v) is 3.44. The molecule has 1 aromatic heterocycles. The average Bonchev–Trinajstić information content (AvgIpc) is 2.39. The highest BCUT2D eigenvalue weighted by Gasteiger charge is 2.23. The van der Waals surface area contributed by atoms with E-state index in [-0.39, 0.29) is 12.0 Å². The molecule has 0 aromatic carbocycles. The molecule has 2 rings (SSSR count). The zero-order chi connectivity index (χ0) is 13.1. The van der Waals surface area contributed by atoms with E-state index in [2.05, 4.69) is 22.4 Å². The summed E-state index contributed by atoms with van der Waals surface area (Å²) in [7, 11) is 0. The maximum Gasteiger partial charge on any atom is 0.101 e. The van der Waals surface area contributed by atoms with Crippen LogP contribution in [-0.2, 0) is 0 Å². The number of nitrogens with one attached hydrogen (secondary N) is 1. The van der Waals surface area contributed by atoms with Crippen molar-refractivity contribution in [1.82, 2.24) is 10.3 Å². The summed E-state index contributed by atoms with van der Waals surface area (Å²) in [5, 5.41) is 21.2. The standard InChI is InChI=1S/C14H14N4/c1-9-3-14(18-7-11(9)4-15)13-8-17-6-12(5-16)10(13)2/h6-9,14,18H,3H2,1-2H3. The van der Waals surface area contributed by atoms with Gasteiger partial charge in [-0.3, -0.25) is 4.98 Å². The third kappa shape index (κ3) is 2.06. The first-order chi connectivity index (χ1) is 8.67.